The van der Waals surface area contributed by atoms with Crippen molar-refractivity contribution in [2.75, 3.05) is 20.3 Å². The average Bonchev–Trinajstić information content (AvgIpc) is 3.29. The van der Waals surface area contributed by atoms with Crippen LogP contribution in [-0.2, 0) is 20.8 Å². The van der Waals surface area contributed by atoms with Gasteiger partial charge in [0.15, 0.2) is 6.61 Å². The van der Waals surface area contributed by atoms with Gasteiger partial charge in [-0.15, -0.1) is 0 Å². The molecule has 154 valence electrons. The topological polar surface area (TPSA) is 97.1 Å². The van der Waals surface area contributed by atoms with E-state index < -0.39 is 12.6 Å². The third kappa shape index (κ3) is 4.34. The van der Waals surface area contributed by atoms with E-state index in [2.05, 4.69) is 9.55 Å². The van der Waals surface area contributed by atoms with Crippen LogP contribution in [0.5, 0.6) is 0 Å². The minimum Gasteiger partial charge on any atom is -0.453 e. The first-order valence-corrected chi connectivity index (χ1v) is 9.50. The van der Waals surface area contributed by atoms with E-state index in [0.717, 1.165) is 27.9 Å². The maximum atomic E-state index is 12.5. The van der Waals surface area contributed by atoms with Crippen molar-refractivity contribution in [3.05, 3.63) is 64.6 Å². The highest BCUT2D eigenvalue weighted by molar-refractivity contribution is 6.09. The Bertz CT molecular complexity index is 1160. The monoisotopic (exact) mass is 405 g/mol. The molecule has 0 amide bonds. The molecule has 1 N–H and O–H groups in total. The summed E-state index contributed by atoms with van der Waals surface area (Å²) in [7, 11) is 1.64. The van der Waals surface area contributed by atoms with Crippen LogP contribution in [0.3, 0.4) is 0 Å². The number of aryl methyl sites for hydroxylation is 1. The van der Waals surface area contributed by atoms with Gasteiger partial charge < -0.3 is 19.0 Å². The predicted octanol–water partition coefficient (Wildman–Crippen LogP) is 3.57. The van der Waals surface area contributed by atoms with E-state index >= 15 is 0 Å². The van der Waals surface area contributed by atoms with Crippen LogP contribution in [0.2, 0.25) is 0 Å². The number of hydrogen-bond acceptors (Lipinski definition) is 5. The van der Waals surface area contributed by atoms with Crippen molar-refractivity contribution < 1.29 is 19.1 Å². The first-order valence-electron chi connectivity index (χ1n) is 9.50. The molecular formula is C23H23N3O4. The molecule has 0 radical (unpaired) electrons. The zero-order valence-corrected chi connectivity index (χ0v) is 17.2. The lowest BCUT2D eigenvalue weighted by molar-refractivity contribution is -0.137. The summed E-state index contributed by atoms with van der Waals surface area (Å²) in [4.78, 5) is 27.9. The molecule has 3 rings (SSSR count). The number of nitrogens with zero attached hydrogens (tertiary/aromatic N) is 2. The van der Waals surface area contributed by atoms with Crippen LogP contribution in [-0.4, -0.2) is 41.6 Å². The third-order valence-electron chi connectivity index (χ3n) is 5.00. The van der Waals surface area contributed by atoms with Crippen LogP contribution in [0.1, 0.15) is 27.3 Å². The van der Waals surface area contributed by atoms with E-state index in [1.807, 2.05) is 50.2 Å². The highest BCUT2D eigenvalue weighted by Gasteiger charge is 2.18. The van der Waals surface area contributed by atoms with Gasteiger partial charge >= 0.3 is 5.97 Å². The number of aromatic nitrogens is 2. The lowest BCUT2D eigenvalue weighted by atomic mass is 10.1. The summed E-state index contributed by atoms with van der Waals surface area (Å²) in [6, 6.07) is 11.1. The number of ketones is 1. The molecule has 0 aliphatic heterocycles. The molecule has 0 fully saturated rings. The molecule has 0 saturated carbocycles. The molecule has 3 aromatic rings. The number of nitriles is 1. The highest BCUT2D eigenvalue weighted by Crippen LogP contribution is 2.20. The number of fused-ring (bicyclic) bond motifs is 1. The number of esters is 1. The van der Waals surface area contributed by atoms with Crippen molar-refractivity contribution in [1.29, 1.82) is 5.26 Å². The molecule has 0 bridgehead atoms. The smallest absolute Gasteiger partial charge is 0.349 e. The lowest BCUT2D eigenvalue weighted by Gasteiger charge is -2.08. The van der Waals surface area contributed by atoms with Gasteiger partial charge in [-0.05, 0) is 37.6 Å². The third-order valence-corrected chi connectivity index (χ3v) is 5.00. The van der Waals surface area contributed by atoms with Crippen LogP contribution in [0.15, 0.2) is 42.1 Å². The van der Waals surface area contributed by atoms with Crippen molar-refractivity contribution >= 4 is 28.7 Å². The number of carbonyl (C=O) groups is 2. The SMILES string of the molecule is COCCn1c(C)cc(/C=C(\C#N)C(=O)OCC(=O)c2c[nH]c3ccccc23)c1C. The number of rotatable bonds is 8. The van der Waals surface area contributed by atoms with E-state index in [1.54, 1.807) is 13.3 Å². The van der Waals surface area contributed by atoms with Gasteiger partial charge in [-0.3, -0.25) is 4.79 Å². The van der Waals surface area contributed by atoms with Gasteiger partial charge in [-0.25, -0.2) is 4.79 Å². The standard InChI is InChI=1S/C23H23N3O4/c1-15-10-17(16(2)26(15)8-9-29-3)11-18(12-24)23(28)30-14-22(27)20-13-25-21-7-5-4-6-19(20)21/h4-7,10-11,13,25H,8-9,14H2,1-3H3/b18-11+. The summed E-state index contributed by atoms with van der Waals surface area (Å²) < 4.78 is 12.3. The zero-order chi connectivity index (χ0) is 21.7. The molecule has 0 atom stereocenters. The minimum absolute atomic E-state index is 0.159. The first kappa shape index (κ1) is 21.1. The number of carbonyl (C=O) groups excluding carboxylic acids is 2. The van der Waals surface area contributed by atoms with E-state index in [1.165, 1.54) is 6.08 Å². The molecule has 0 aliphatic rings. The lowest BCUT2D eigenvalue weighted by Crippen LogP contribution is -2.15. The second-order valence-electron chi connectivity index (χ2n) is 6.89. The van der Waals surface area contributed by atoms with Gasteiger partial charge in [0.1, 0.15) is 11.6 Å². The summed E-state index contributed by atoms with van der Waals surface area (Å²) in [5.74, 6) is -1.16. The summed E-state index contributed by atoms with van der Waals surface area (Å²) in [6.45, 7) is 4.65. The minimum atomic E-state index is -0.826. The molecule has 2 aromatic heterocycles. The summed E-state index contributed by atoms with van der Waals surface area (Å²) in [5.41, 5.74) is 3.78. The van der Waals surface area contributed by atoms with E-state index in [4.69, 9.17) is 9.47 Å². The Labute approximate surface area is 174 Å². The number of Topliss-reactive ketones (excluding diaryl/α,β-unsaturated/α-hetero) is 1. The van der Waals surface area contributed by atoms with Crippen molar-refractivity contribution in [2.24, 2.45) is 0 Å². The Morgan fingerprint density at radius 3 is 2.77 bits per heavy atom. The Morgan fingerprint density at radius 2 is 2.03 bits per heavy atom. The van der Waals surface area contributed by atoms with E-state index in [0.29, 0.717) is 18.7 Å². The molecule has 0 saturated heterocycles. The van der Waals surface area contributed by atoms with Gasteiger partial charge in [0.25, 0.3) is 0 Å². The fourth-order valence-corrected chi connectivity index (χ4v) is 3.38. The summed E-state index contributed by atoms with van der Waals surface area (Å²) >= 11 is 0. The van der Waals surface area contributed by atoms with Gasteiger partial charge in [0.2, 0.25) is 5.78 Å². The van der Waals surface area contributed by atoms with Crippen LogP contribution in [0.4, 0.5) is 0 Å². The van der Waals surface area contributed by atoms with Crippen LogP contribution in [0, 0.1) is 25.2 Å². The maximum absolute atomic E-state index is 12.5. The van der Waals surface area contributed by atoms with E-state index in [-0.39, 0.29) is 11.4 Å². The Balaban J connectivity index is 1.72. The second kappa shape index (κ2) is 9.25. The molecule has 0 spiro atoms. The molecule has 7 nitrogen and oxygen atoms in total. The van der Waals surface area contributed by atoms with Crippen LogP contribution < -0.4 is 0 Å². The van der Waals surface area contributed by atoms with Gasteiger partial charge in [0, 0.05) is 47.7 Å². The highest BCUT2D eigenvalue weighted by atomic mass is 16.5. The largest absolute Gasteiger partial charge is 0.453 e. The average molecular weight is 405 g/mol. The van der Waals surface area contributed by atoms with Crippen LogP contribution >= 0.6 is 0 Å². The number of benzene rings is 1. The molecular weight excluding hydrogens is 382 g/mol. The normalized spacial score (nSPS) is 11.5. The quantitative estimate of drug-likeness (QED) is 0.267. The fourth-order valence-electron chi connectivity index (χ4n) is 3.38. The summed E-state index contributed by atoms with van der Waals surface area (Å²) in [5, 5.41) is 10.2. The Morgan fingerprint density at radius 1 is 1.27 bits per heavy atom. The van der Waals surface area contributed by atoms with E-state index in [9.17, 15) is 14.9 Å². The molecule has 7 heteroatoms. The Kier molecular flexibility index (Phi) is 6.50. The number of H-pyrrole nitrogens is 1. The second-order valence-corrected chi connectivity index (χ2v) is 6.89. The first-order chi connectivity index (χ1) is 14.5. The zero-order valence-electron chi connectivity index (χ0n) is 17.2. The number of para-hydroxylation sites is 1. The molecule has 0 unspecified atom stereocenters. The van der Waals surface area contributed by atoms with Crippen molar-refractivity contribution in [1.82, 2.24) is 9.55 Å². The number of ether oxygens (including phenoxy) is 2. The number of hydrogen-bond donors (Lipinski definition) is 1. The molecule has 30 heavy (non-hydrogen) atoms. The van der Waals surface area contributed by atoms with Gasteiger partial charge in [-0.2, -0.15) is 5.26 Å². The Hall–Kier alpha value is -3.63. The van der Waals surface area contributed by atoms with Gasteiger partial charge in [-0.1, -0.05) is 18.2 Å². The molecule has 0 aliphatic carbocycles. The summed E-state index contributed by atoms with van der Waals surface area (Å²) in [6.07, 6.45) is 3.08. The fraction of sp³-hybridized carbons (Fsp3) is 0.261. The van der Waals surface area contributed by atoms with Crippen molar-refractivity contribution in [2.45, 2.75) is 20.4 Å². The number of aromatic amines is 1. The molecule has 1 aromatic carbocycles. The predicted molar refractivity (Wildman–Crippen MR) is 113 cm³/mol. The number of nitrogens with one attached hydrogen (secondary N) is 1. The van der Waals surface area contributed by atoms with Crippen molar-refractivity contribution in [3.8, 4) is 6.07 Å². The maximum Gasteiger partial charge on any atom is 0.349 e. The van der Waals surface area contributed by atoms with Crippen LogP contribution in [0.25, 0.3) is 17.0 Å². The molecule has 2 heterocycles. The van der Waals surface area contributed by atoms with Crippen molar-refractivity contribution in [3.63, 3.8) is 0 Å². The number of methoxy groups -OCH3 is 1. The van der Waals surface area contributed by atoms with Gasteiger partial charge in [0.05, 0.1) is 6.61 Å².